The molecule has 0 saturated carbocycles. The monoisotopic (exact) mass is 209 g/mol. The minimum absolute atomic E-state index is 0.0378. The predicted molar refractivity (Wildman–Crippen MR) is 55.9 cm³/mol. The third kappa shape index (κ3) is 1.26. The molecule has 0 fully saturated rings. The van der Waals surface area contributed by atoms with E-state index in [0.29, 0.717) is 15.8 Å². The molecule has 0 amide bonds. The van der Waals surface area contributed by atoms with Crippen molar-refractivity contribution in [3.05, 3.63) is 39.6 Å². The Morgan fingerprint density at radius 2 is 2.07 bits per heavy atom. The number of pyridine rings is 1. The minimum Gasteiger partial charge on any atom is -0.494 e. The van der Waals surface area contributed by atoms with Crippen molar-refractivity contribution in [1.82, 2.24) is 4.57 Å². The van der Waals surface area contributed by atoms with E-state index in [0.717, 1.165) is 0 Å². The van der Waals surface area contributed by atoms with Crippen LogP contribution in [0.4, 0.5) is 0 Å². The van der Waals surface area contributed by atoms with Crippen LogP contribution in [0.25, 0.3) is 10.8 Å². The van der Waals surface area contributed by atoms with Crippen LogP contribution in [0.15, 0.2) is 29.1 Å². The second-order valence-corrected chi connectivity index (χ2v) is 3.53. The molecule has 72 valence electrons. The van der Waals surface area contributed by atoms with Gasteiger partial charge in [0, 0.05) is 23.5 Å². The highest BCUT2D eigenvalue weighted by molar-refractivity contribution is 6.31. The zero-order valence-corrected chi connectivity index (χ0v) is 8.25. The highest BCUT2D eigenvalue weighted by atomic mass is 35.5. The van der Waals surface area contributed by atoms with Crippen molar-refractivity contribution in [2.24, 2.45) is 7.05 Å². The molecule has 1 aromatic heterocycles. The van der Waals surface area contributed by atoms with Crippen LogP contribution in [0.1, 0.15) is 0 Å². The fourth-order valence-electron chi connectivity index (χ4n) is 1.37. The van der Waals surface area contributed by atoms with Crippen LogP contribution < -0.4 is 5.56 Å². The summed E-state index contributed by atoms with van der Waals surface area (Å²) in [7, 11) is 1.52. The molecular formula is C10H8ClNO2. The van der Waals surface area contributed by atoms with Gasteiger partial charge >= 0.3 is 0 Å². The zero-order chi connectivity index (χ0) is 10.3. The topological polar surface area (TPSA) is 42.2 Å². The first-order valence-corrected chi connectivity index (χ1v) is 4.45. The van der Waals surface area contributed by atoms with E-state index in [1.807, 2.05) is 0 Å². The molecule has 1 heterocycles. The fraction of sp³-hybridized carbons (Fsp3) is 0.100. The number of hydrogen-bond donors (Lipinski definition) is 1. The van der Waals surface area contributed by atoms with E-state index in [1.54, 1.807) is 18.2 Å². The van der Waals surface area contributed by atoms with Crippen molar-refractivity contribution < 1.29 is 5.11 Å². The van der Waals surface area contributed by atoms with Gasteiger partial charge in [-0.05, 0) is 23.6 Å². The van der Waals surface area contributed by atoms with Crippen LogP contribution in [-0.4, -0.2) is 9.67 Å². The van der Waals surface area contributed by atoms with Gasteiger partial charge in [0.05, 0.1) is 0 Å². The zero-order valence-electron chi connectivity index (χ0n) is 7.49. The number of aromatic nitrogens is 1. The van der Waals surface area contributed by atoms with Gasteiger partial charge in [-0.25, -0.2) is 0 Å². The molecule has 1 N–H and O–H groups in total. The Kier molecular flexibility index (Phi) is 1.97. The molecule has 0 aliphatic carbocycles. The lowest BCUT2D eigenvalue weighted by atomic mass is 10.2. The number of aromatic hydroxyl groups is 1. The number of fused-ring (bicyclic) bond motifs is 1. The van der Waals surface area contributed by atoms with E-state index in [9.17, 15) is 9.90 Å². The number of benzene rings is 1. The van der Waals surface area contributed by atoms with E-state index in [2.05, 4.69) is 0 Å². The van der Waals surface area contributed by atoms with Gasteiger partial charge in [0.2, 0.25) is 5.88 Å². The molecule has 2 rings (SSSR count). The average Bonchev–Trinajstić information content (AvgIpc) is 2.14. The summed E-state index contributed by atoms with van der Waals surface area (Å²) in [6.07, 6.45) is 0. The van der Waals surface area contributed by atoms with Gasteiger partial charge < -0.3 is 5.11 Å². The number of nitrogens with zero attached hydrogens (tertiary/aromatic N) is 1. The lowest BCUT2D eigenvalue weighted by molar-refractivity contribution is 0.430. The van der Waals surface area contributed by atoms with Crippen molar-refractivity contribution in [3.8, 4) is 5.88 Å². The van der Waals surface area contributed by atoms with Crippen molar-refractivity contribution in [2.75, 3.05) is 0 Å². The number of halogens is 1. The van der Waals surface area contributed by atoms with Gasteiger partial charge in [-0.15, -0.1) is 0 Å². The Bertz CT molecular complexity index is 560. The van der Waals surface area contributed by atoms with Crippen LogP contribution in [0.3, 0.4) is 0 Å². The predicted octanol–water partition coefficient (Wildman–Crippen LogP) is 1.90. The molecule has 0 bridgehead atoms. The lowest BCUT2D eigenvalue weighted by Gasteiger charge is -2.05. The summed E-state index contributed by atoms with van der Waals surface area (Å²) >= 11 is 5.77. The summed E-state index contributed by atoms with van der Waals surface area (Å²) in [5, 5.41) is 11.5. The number of hydrogen-bond acceptors (Lipinski definition) is 2. The van der Waals surface area contributed by atoms with Crippen molar-refractivity contribution in [3.63, 3.8) is 0 Å². The van der Waals surface area contributed by atoms with Crippen LogP contribution in [0.5, 0.6) is 5.88 Å². The summed E-state index contributed by atoms with van der Waals surface area (Å²) in [5.41, 5.74) is -0.253. The van der Waals surface area contributed by atoms with Crippen molar-refractivity contribution in [2.45, 2.75) is 0 Å². The minimum atomic E-state index is -0.253. The van der Waals surface area contributed by atoms with Gasteiger partial charge in [-0.2, -0.15) is 0 Å². The SMILES string of the molecule is Cn1c(O)c2ccc(Cl)cc2cc1=O. The first-order valence-electron chi connectivity index (χ1n) is 4.08. The molecule has 0 radical (unpaired) electrons. The highest BCUT2D eigenvalue weighted by Gasteiger charge is 2.05. The summed E-state index contributed by atoms with van der Waals surface area (Å²) in [4.78, 5) is 11.3. The van der Waals surface area contributed by atoms with Gasteiger partial charge in [0.25, 0.3) is 5.56 Å². The van der Waals surface area contributed by atoms with E-state index in [-0.39, 0.29) is 11.4 Å². The second kappa shape index (κ2) is 3.03. The number of rotatable bonds is 0. The highest BCUT2D eigenvalue weighted by Crippen LogP contribution is 2.24. The van der Waals surface area contributed by atoms with Crippen LogP contribution >= 0.6 is 11.6 Å². The molecule has 0 spiro atoms. The molecule has 0 unspecified atom stereocenters. The van der Waals surface area contributed by atoms with Gasteiger partial charge in [-0.1, -0.05) is 11.6 Å². The Labute approximate surface area is 85.2 Å². The Hall–Kier alpha value is -1.48. The van der Waals surface area contributed by atoms with E-state index in [4.69, 9.17) is 11.6 Å². The van der Waals surface area contributed by atoms with E-state index in [1.165, 1.54) is 17.7 Å². The Morgan fingerprint density at radius 3 is 2.79 bits per heavy atom. The molecule has 0 aliphatic heterocycles. The summed E-state index contributed by atoms with van der Waals surface area (Å²) in [5.74, 6) is -0.0378. The molecule has 1 aromatic carbocycles. The first kappa shape index (κ1) is 9.09. The van der Waals surface area contributed by atoms with Gasteiger partial charge in [0.1, 0.15) is 0 Å². The van der Waals surface area contributed by atoms with Crippen LogP contribution in [0, 0.1) is 0 Å². The lowest BCUT2D eigenvalue weighted by Crippen LogP contribution is -2.14. The van der Waals surface area contributed by atoms with Crippen LogP contribution in [0.2, 0.25) is 5.02 Å². The fourth-order valence-corrected chi connectivity index (χ4v) is 1.55. The largest absolute Gasteiger partial charge is 0.494 e. The van der Waals surface area contributed by atoms with E-state index < -0.39 is 0 Å². The molecule has 2 aromatic rings. The van der Waals surface area contributed by atoms with Crippen LogP contribution in [-0.2, 0) is 7.05 Å². The summed E-state index contributed by atoms with van der Waals surface area (Å²) < 4.78 is 1.19. The molecule has 3 nitrogen and oxygen atoms in total. The molecule has 14 heavy (non-hydrogen) atoms. The smallest absolute Gasteiger partial charge is 0.253 e. The standard InChI is InChI=1S/C10H8ClNO2/c1-12-9(13)5-6-4-7(11)2-3-8(6)10(12)14/h2-5,14H,1H3. The maximum Gasteiger partial charge on any atom is 0.253 e. The van der Waals surface area contributed by atoms with Gasteiger partial charge in [-0.3, -0.25) is 9.36 Å². The molecule has 0 atom stereocenters. The Morgan fingerprint density at radius 1 is 1.36 bits per heavy atom. The molecule has 0 saturated heterocycles. The van der Waals surface area contributed by atoms with Crippen molar-refractivity contribution >= 4 is 22.4 Å². The van der Waals surface area contributed by atoms with E-state index >= 15 is 0 Å². The van der Waals surface area contributed by atoms with Crippen molar-refractivity contribution in [1.29, 1.82) is 0 Å². The normalized spacial score (nSPS) is 10.7. The third-order valence-corrected chi connectivity index (χ3v) is 2.42. The summed E-state index contributed by atoms with van der Waals surface area (Å²) in [6.45, 7) is 0. The average molecular weight is 210 g/mol. The molecular weight excluding hydrogens is 202 g/mol. The second-order valence-electron chi connectivity index (χ2n) is 3.10. The first-order chi connectivity index (χ1) is 6.59. The Balaban J connectivity index is 2.98. The van der Waals surface area contributed by atoms with Gasteiger partial charge in [0.15, 0.2) is 0 Å². The maximum absolute atomic E-state index is 11.3. The molecule has 4 heteroatoms. The maximum atomic E-state index is 11.3. The third-order valence-electron chi connectivity index (χ3n) is 2.18. The quantitative estimate of drug-likeness (QED) is 0.720. The summed E-state index contributed by atoms with van der Waals surface area (Å²) in [6, 6.07) is 6.46. The molecule has 0 aliphatic rings.